The number of allylic oxidation sites excluding steroid dienone is 2. The first-order valence-corrected chi connectivity index (χ1v) is 3.38. The fraction of sp³-hybridized carbons (Fsp3) is 0. The maximum atomic E-state index is 4.84. The van der Waals surface area contributed by atoms with E-state index in [0.29, 0.717) is 5.82 Å². The monoisotopic (exact) mass is 162 g/mol. The van der Waals surface area contributed by atoms with E-state index < -0.39 is 0 Å². The number of hydrogen-bond donors (Lipinski definition) is 1. The van der Waals surface area contributed by atoms with Crippen LogP contribution in [-0.2, 0) is 4.84 Å². The summed E-state index contributed by atoms with van der Waals surface area (Å²) in [5.74, 6) is 0.564. The normalized spacial score (nSPS) is 14.5. The predicted octanol–water partition coefficient (Wildman–Crippen LogP) is 0.261. The standard InChI is InChI=1S/C7H6N4O/c1-2-6(11-12-3-1)7-9-4-8-5-10-7/h1-5,11H. The summed E-state index contributed by atoms with van der Waals surface area (Å²) < 4.78 is 0. The summed E-state index contributed by atoms with van der Waals surface area (Å²) >= 11 is 0. The fourth-order valence-corrected chi connectivity index (χ4v) is 0.805. The van der Waals surface area contributed by atoms with Gasteiger partial charge in [-0.25, -0.2) is 20.4 Å². The zero-order valence-corrected chi connectivity index (χ0v) is 6.14. The van der Waals surface area contributed by atoms with Gasteiger partial charge in [-0.15, -0.1) is 0 Å². The van der Waals surface area contributed by atoms with Gasteiger partial charge in [0.2, 0.25) is 0 Å². The van der Waals surface area contributed by atoms with Crippen molar-refractivity contribution in [3.63, 3.8) is 0 Å². The Morgan fingerprint density at radius 3 is 2.75 bits per heavy atom. The van der Waals surface area contributed by atoms with Gasteiger partial charge >= 0.3 is 0 Å². The molecule has 1 aliphatic heterocycles. The highest BCUT2D eigenvalue weighted by molar-refractivity contribution is 5.58. The first-order valence-electron chi connectivity index (χ1n) is 3.38. The molecule has 2 rings (SSSR count). The minimum Gasteiger partial charge on any atom is -0.390 e. The van der Waals surface area contributed by atoms with Crippen molar-refractivity contribution in [3.05, 3.63) is 36.9 Å². The molecule has 2 heterocycles. The topological polar surface area (TPSA) is 59.9 Å². The van der Waals surface area contributed by atoms with E-state index in [1.807, 2.05) is 6.08 Å². The molecule has 0 bridgehead atoms. The van der Waals surface area contributed by atoms with Crippen LogP contribution in [0.15, 0.2) is 31.1 Å². The van der Waals surface area contributed by atoms with Crippen LogP contribution in [-0.4, -0.2) is 15.0 Å². The third-order valence-electron chi connectivity index (χ3n) is 1.31. The molecule has 5 nitrogen and oxygen atoms in total. The zero-order chi connectivity index (χ0) is 8.23. The van der Waals surface area contributed by atoms with Crippen LogP contribution >= 0.6 is 0 Å². The lowest BCUT2D eigenvalue weighted by Gasteiger charge is -2.09. The van der Waals surface area contributed by atoms with Crippen molar-refractivity contribution >= 4 is 5.70 Å². The number of rotatable bonds is 1. The van der Waals surface area contributed by atoms with E-state index in [9.17, 15) is 0 Å². The van der Waals surface area contributed by atoms with Gasteiger partial charge in [0.05, 0.1) is 0 Å². The number of nitrogens with zero attached hydrogens (tertiary/aromatic N) is 3. The highest BCUT2D eigenvalue weighted by Gasteiger charge is 2.04. The van der Waals surface area contributed by atoms with Crippen molar-refractivity contribution in [2.75, 3.05) is 0 Å². The molecule has 1 aliphatic rings. The lowest BCUT2D eigenvalue weighted by Crippen LogP contribution is -2.14. The van der Waals surface area contributed by atoms with Crippen molar-refractivity contribution in [1.82, 2.24) is 20.4 Å². The van der Waals surface area contributed by atoms with Crippen LogP contribution < -0.4 is 5.48 Å². The van der Waals surface area contributed by atoms with Crippen LogP contribution in [0.4, 0.5) is 0 Å². The summed E-state index contributed by atoms with van der Waals surface area (Å²) in [4.78, 5) is 16.4. The Kier molecular flexibility index (Phi) is 1.69. The minimum absolute atomic E-state index is 0.564. The lowest BCUT2D eigenvalue weighted by molar-refractivity contribution is 0.181. The van der Waals surface area contributed by atoms with Crippen LogP contribution in [0.5, 0.6) is 0 Å². The van der Waals surface area contributed by atoms with Crippen molar-refractivity contribution in [3.8, 4) is 0 Å². The average molecular weight is 162 g/mol. The highest BCUT2D eigenvalue weighted by Crippen LogP contribution is 2.06. The molecule has 60 valence electrons. The second kappa shape index (κ2) is 3.00. The van der Waals surface area contributed by atoms with E-state index in [2.05, 4.69) is 20.4 Å². The maximum absolute atomic E-state index is 4.84. The number of nitrogens with one attached hydrogen (secondary N) is 1. The van der Waals surface area contributed by atoms with E-state index in [0.717, 1.165) is 5.70 Å². The summed E-state index contributed by atoms with van der Waals surface area (Å²) in [6, 6.07) is 0. The molecule has 0 aromatic carbocycles. The molecule has 0 atom stereocenters. The van der Waals surface area contributed by atoms with Gasteiger partial charge in [-0.2, -0.15) is 0 Å². The third kappa shape index (κ3) is 1.24. The Balaban J connectivity index is 2.31. The van der Waals surface area contributed by atoms with Crippen molar-refractivity contribution < 1.29 is 4.84 Å². The molecule has 0 saturated heterocycles. The Labute approximate surface area is 68.8 Å². The zero-order valence-electron chi connectivity index (χ0n) is 6.14. The largest absolute Gasteiger partial charge is 0.390 e. The molecular formula is C7H6N4O. The van der Waals surface area contributed by atoms with E-state index in [1.54, 1.807) is 6.08 Å². The molecule has 0 spiro atoms. The molecule has 5 heteroatoms. The first-order chi connectivity index (χ1) is 5.97. The van der Waals surface area contributed by atoms with Crippen LogP contribution in [0.1, 0.15) is 5.82 Å². The Bertz CT molecular complexity index is 319. The van der Waals surface area contributed by atoms with Gasteiger partial charge < -0.3 is 4.84 Å². The van der Waals surface area contributed by atoms with Gasteiger partial charge in [-0.05, 0) is 12.2 Å². The van der Waals surface area contributed by atoms with Crippen LogP contribution in [0.2, 0.25) is 0 Å². The lowest BCUT2D eigenvalue weighted by atomic mass is 10.3. The summed E-state index contributed by atoms with van der Waals surface area (Å²) in [6.45, 7) is 0. The average Bonchev–Trinajstić information content (AvgIpc) is 2.21. The molecule has 1 aromatic rings. The summed E-state index contributed by atoms with van der Waals surface area (Å²) in [5, 5.41) is 0. The van der Waals surface area contributed by atoms with Crippen LogP contribution in [0.3, 0.4) is 0 Å². The molecule has 0 aliphatic carbocycles. The summed E-state index contributed by atoms with van der Waals surface area (Å²) in [5.41, 5.74) is 3.38. The molecule has 0 saturated carbocycles. The maximum Gasteiger partial charge on any atom is 0.181 e. The summed E-state index contributed by atoms with van der Waals surface area (Å²) in [7, 11) is 0. The summed E-state index contributed by atoms with van der Waals surface area (Å²) in [6.07, 6.45) is 7.98. The Morgan fingerprint density at radius 1 is 1.25 bits per heavy atom. The Morgan fingerprint density at radius 2 is 2.08 bits per heavy atom. The van der Waals surface area contributed by atoms with Crippen molar-refractivity contribution in [2.24, 2.45) is 0 Å². The van der Waals surface area contributed by atoms with Gasteiger partial charge in [-0.1, -0.05) is 0 Å². The molecular weight excluding hydrogens is 156 g/mol. The molecule has 0 radical (unpaired) electrons. The first kappa shape index (κ1) is 6.78. The number of hydroxylamine groups is 1. The minimum atomic E-state index is 0.564. The van der Waals surface area contributed by atoms with Gasteiger partial charge in [0.25, 0.3) is 0 Å². The number of hydrogen-bond acceptors (Lipinski definition) is 5. The molecule has 12 heavy (non-hydrogen) atoms. The van der Waals surface area contributed by atoms with Crippen molar-refractivity contribution in [1.29, 1.82) is 0 Å². The van der Waals surface area contributed by atoms with Gasteiger partial charge in [-0.3, -0.25) is 0 Å². The van der Waals surface area contributed by atoms with E-state index in [-0.39, 0.29) is 0 Å². The Hall–Kier alpha value is -1.91. The fourth-order valence-electron chi connectivity index (χ4n) is 0.805. The van der Waals surface area contributed by atoms with E-state index in [4.69, 9.17) is 4.84 Å². The van der Waals surface area contributed by atoms with Gasteiger partial charge in [0.1, 0.15) is 24.6 Å². The smallest absolute Gasteiger partial charge is 0.181 e. The molecule has 0 fully saturated rings. The molecule has 0 unspecified atom stereocenters. The van der Waals surface area contributed by atoms with Crippen LogP contribution in [0, 0.1) is 0 Å². The molecule has 0 amide bonds. The van der Waals surface area contributed by atoms with Gasteiger partial charge in [0.15, 0.2) is 5.82 Å². The molecule has 1 aromatic heterocycles. The predicted molar refractivity (Wildman–Crippen MR) is 41.2 cm³/mol. The van der Waals surface area contributed by atoms with Crippen LogP contribution in [0.25, 0.3) is 5.70 Å². The van der Waals surface area contributed by atoms with Crippen molar-refractivity contribution in [2.45, 2.75) is 0 Å². The van der Waals surface area contributed by atoms with Gasteiger partial charge in [0, 0.05) is 0 Å². The highest BCUT2D eigenvalue weighted by atomic mass is 16.6. The third-order valence-corrected chi connectivity index (χ3v) is 1.31. The SMILES string of the molecule is C1=CONC(c2ncncn2)=C1. The quantitative estimate of drug-likeness (QED) is 0.641. The van der Waals surface area contributed by atoms with E-state index in [1.165, 1.54) is 18.9 Å². The number of aromatic nitrogens is 3. The van der Waals surface area contributed by atoms with E-state index >= 15 is 0 Å². The second-order valence-electron chi connectivity index (χ2n) is 2.09. The second-order valence-corrected chi connectivity index (χ2v) is 2.09. The molecule has 1 N–H and O–H groups in total.